The maximum absolute atomic E-state index is 9.49. The van der Waals surface area contributed by atoms with E-state index in [0.717, 1.165) is 33.5 Å². The largest absolute Gasteiger partial charge is 0.493 e. The molecule has 0 bridgehead atoms. The Kier molecular flexibility index (Phi) is 3.36. The van der Waals surface area contributed by atoms with Crippen molar-refractivity contribution >= 4 is 15.9 Å². The van der Waals surface area contributed by atoms with E-state index in [9.17, 15) is 5.11 Å². The average molecular weight is 301 g/mol. The first-order chi connectivity index (χ1) is 8.01. The van der Waals surface area contributed by atoms with Crippen molar-refractivity contribution in [2.45, 2.75) is 25.7 Å². The van der Waals surface area contributed by atoms with Crippen LogP contribution in [0.2, 0.25) is 0 Å². The summed E-state index contributed by atoms with van der Waals surface area (Å²) in [6.45, 7) is 4.80. The van der Waals surface area contributed by atoms with Gasteiger partial charge in [0.1, 0.15) is 0 Å². The zero-order valence-corrected chi connectivity index (χ0v) is 11.9. The second kappa shape index (κ2) is 4.50. The van der Waals surface area contributed by atoms with E-state index in [1.165, 1.54) is 0 Å². The van der Waals surface area contributed by atoms with Crippen LogP contribution >= 0.6 is 15.9 Å². The van der Waals surface area contributed by atoms with Gasteiger partial charge in [0.25, 0.3) is 0 Å². The molecule has 1 N–H and O–H groups in total. The third-order valence-corrected chi connectivity index (χ3v) is 4.12. The molecule has 1 aromatic carbocycles. The molecule has 1 aliphatic rings. The van der Waals surface area contributed by atoms with Crippen molar-refractivity contribution in [2.24, 2.45) is 0 Å². The van der Waals surface area contributed by atoms with Gasteiger partial charge in [0.2, 0.25) is 0 Å². The van der Waals surface area contributed by atoms with E-state index < -0.39 is 0 Å². The van der Waals surface area contributed by atoms with Crippen molar-refractivity contribution in [3.8, 4) is 11.5 Å². The Morgan fingerprint density at radius 2 is 2.24 bits per heavy atom. The molecule has 0 spiro atoms. The zero-order valence-electron chi connectivity index (χ0n) is 10.3. The molecule has 1 aromatic rings. The molecule has 0 amide bonds. The van der Waals surface area contributed by atoms with Gasteiger partial charge in [-0.3, -0.25) is 0 Å². The summed E-state index contributed by atoms with van der Waals surface area (Å²) in [7, 11) is 1.64. The van der Waals surface area contributed by atoms with Crippen molar-refractivity contribution in [1.82, 2.24) is 0 Å². The smallest absolute Gasteiger partial charge is 0.165 e. The number of fused-ring (bicyclic) bond motifs is 1. The number of methoxy groups -OCH3 is 1. The molecule has 0 saturated carbocycles. The molecular weight excluding hydrogens is 284 g/mol. The highest BCUT2D eigenvalue weighted by molar-refractivity contribution is 9.10. The minimum Gasteiger partial charge on any atom is -0.493 e. The highest BCUT2D eigenvalue weighted by Gasteiger charge is 2.29. The second-order valence-corrected chi connectivity index (χ2v) is 5.68. The van der Waals surface area contributed by atoms with Gasteiger partial charge < -0.3 is 14.6 Å². The summed E-state index contributed by atoms with van der Waals surface area (Å²) in [4.78, 5) is 0. The first-order valence-corrected chi connectivity index (χ1v) is 6.44. The van der Waals surface area contributed by atoms with Gasteiger partial charge in [-0.2, -0.15) is 0 Å². The molecule has 0 saturated heterocycles. The SMILES string of the molecule is COc1cc(C(C)(C)CO)c(Br)c2c1OCC2. The van der Waals surface area contributed by atoms with Crippen molar-refractivity contribution < 1.29 is 14.6 Å². The lowest BCUT2D eigenvalue weighted by Gasteiger charge is -2.25. The van der Waals surface area contributed by atoms with E-state index >= 15 is 0 Å². The van der Waals surface area contributed by atoms with Crippen molar-refractivity contribution in [3.05, 3.63) is 21.7 Å². The van der Waals surface area contributed by atoms with E-state index in [2.05, 4.69) is 15.9 Å². The van der Waals surface area contributed by atoms with Crippen LogP contribution in [0.5, 0.6) is 11.5 Å². The topological polar surface area (TPSA) is 38.7 Å². The maximum Gasteiger partial charge on any atom is 0.165 e. The summed E-state index contributed by atoms with van der Waals surface area (Å²) in [5.41, 5.74) is 1.89. The number of halogens is 1. The van der Waals surface area contributed by atoms with Crippen molar-refractivity contribution in [3.63, 3.8) is 0 Å². The highest BCUT2D eigenvalue weighted by atomic mass is 79.9. The summed E-state index contributed by atoms with van der Waals surface area (Å²) in [6, 6.07) is 1.95. The van der Waals surface area contributed by atoms with E-state index in [1.807, 2.05) is 19.9 Å². The molecule has 0 aromatic heterocycles. The number of rotatable bonds is 3. The lowest BCUT2D eigenvalue weighted by Crippen LogP contribution is -2.23. The van der Waals surface area contributed by atoms with Crippen molar-refractivity contribution in [2.75, 3.05) is 20.3 Å². The first kappa shape index (κ1) is 12.7. The van der Waals surface area contributed by atoms with Crippen LogP contribution < -0.4 is 9.47 Å². The lowest BCUT2D eigenvalue weighted by atomic mass is 9.84. The minimum absolute atomic E-state index is 0.0917. The molecule has 4 heteroatoms. The molecule has 0 fully saturated rings. The van der Waals surface area contributed by atoms with Gasteiger partial charge in [-0.1, -0.05) is 29.8 Å². The summed E-state index contributed by atoms with van der Waals surface area (Å²) < 4.78 is 12.0. The second-order valence-electron chi connectivity index (χ2n) is 4.89. The van der Waals surface area contributed by atoms with E-state index in [0.29, 0.717) is 6.61 Å². The maximum atomic E-state index is 9.49. The third-order valence-electron chi connectivity index (χ3n) is 3.22. The molecule has 2 rings (SSSR count). The van der Waals surface area contributed by atoms with Gasteiger partial charge in [-0.15, -0.1) is 0 Å². The molecule has 94 valence electrons. The lowest BCUT2D eigenvalue weighted by molar-refractivity contribution is 0.217. The summed E-state index contributed by atoms with van der Waals surface area (Å²) in [5.74, 6) is 1.58. The Morgan fingerprint density at radius 1 is 1.53 bits per heavy atom. The van der Waals surface area contributed by atoms with E-state index in [1.54, 1.807) is 7.11 Å². The summed E-state index contributed by atoms with van der Waals surface area (Å²) in [6.07, 6.45) is 0.877. The standard InChI is InChI=1S/C13H17BrO3/c1-13(2,7-15)9-6-10(16-3)12-8(11(9)14)4-5-17-12/h6,15H,4-5,7H2,1-3H3. The van der Waals surface area contributed by atoms with Crippen LogP contribution in [0, 0.1) is 0 Å². The number of hydrogen-bond acceptors (Lipinski definition) is 3. The van der Waals surface area contributed by atoms with Crippen LogP contribution in [0.4, 0.5) is 0 Å². The Morgan fingerprint density at radius 3 is 2.82 bits per heavy atom. The van der Waals surface area contributed by atoms with Crippen LogP contribution in [0.3, 0.4) is 0 Å². The summed E-state index contributed by atoms with van der Waals surface area (Å²) in [5, 5.41) is 9.49. The fourth-order valence-corrected chi connectivity index (χ4v) is 3.07. The molecule has 1 heterocycles. The predicted molar refractivity (Wildman–Crippen MR) is 70.0 cm³/mol. The molecule has 0 radical (unpaired) electrons. The number of ether oxygens (including phenoxy) is 2. The van der Waals surface area contributed by atoms with Gasteiger partial charge in [0.05, 0.1) is 20.3 Å². The molecular formula is C13H17BrO3. The highest BCUT2D eigenvalue weighted by Crippen LogP contribution is 2.45. The van der Waals surface area contributed by atoms with Gasteiger partial charge in [-0.05, 0) is 11.6 Å². The third kappa shape index (κ3) is 2.04. The van der Waals surface area contributed by atoms with Crippen LogP contribution in [0.1, 0.15) is 25.0 Å². The van der Waals surface area contributed by atoms with Crippen LogP contribution in [0.25, 0.3) is 0 Å². The van der Waals surface area contributed by atoms with Gasteiger partial charge >= 0.3 is 0 Å². The normalized spacial score (nSPS) is 14.4. The Hall–Kier alpha value is -0.740. The zero-order chi connectivity index (χ0) is 12.6. The number of hydrogen-bond donors (Lipinski definition) is 1. The van der Waals surface area contributed by atoms with Gasteiger partial charge in [0, 0.05) is 21.9 Å². The Balaban J connectivity index is 2.62. The monoisotopic (exact) mass is 300 g/mol. The molecule has 0 aliphatic carbocycles. The van der Waals surface area contributed by atoms with Crippen LogP contribution in [0.15, 0.2) is 10.5 Å². The first-order valence-electron chi connectivity index (χ1n) is 5.64. The Labute approximate surface area is 110 Å². The average Bonchev–Trinajstić information content (AvgIpc) is 2.79. The van der Waals surface area contributed by atoms with E-state index in [-0.39, 0.29) is 12.0 Å². The quantitative estimate of drug-likeness (QED) is 0.933. The molecule has 1 aliphatic heterocycles. The van der Waals surface area contributed by atoms with Crippen LogP contribution in [-0.2, 0) is 11.8 Å². The number of aliphatic hydroxyl groups is 1. The molecule has 3 nitrogen and oxygen atoms in total. The fourth-order valence-electron chi connectivity index (χ4n) is 2.04. The van der Waals surface area contributed by atoms with E-state index in [4.69, 9.17) is 9.47 Å². The molecule has 17 heavy (non-hydrogen) atoms. The number of benzene rings is 1. The van der Waals surface area contributed by atoms with Crippen molar-refractivity contribution in [1.29, 1.82) is 0 Å². The number of aliphatic hydroxyl groups excluding tert-OH is 1. The minimum atomic E-state index is -0.302. The van der Waals surface area contributed by atoms with Crippen LogP contribution in [-0.4, -0.2) is 25.4 Å². The Bertz CT molecular complexity index is 441. The van der Waals surface area contributed by atoms with Gasteiger partial charge in [-0.25, -0.2) is 0 Å². The predicted octanol–water partition coefficient (Wildman–Crippen LogP) is 2.66. The van der Waals surface area contributed by atoms with Gasteiger partial charge in [0.15, 0.2) is 11.5 Å². The molecule has 0 unspecified atom stereocenters. The fraction of sp³-hybridized carbons (Fsp3) is 0.538. The summed E-state index contributed by atoms with van der Waals surface area (Å²) >= 11 is 3.63. The molecule has 0 atom stereocenters.